The normalized spacial score (nSPS) is 12.9. The van der Waals surface area contributed by atoms with Crippen LogP contribution in [0.25, 0.3) is 0 Å². The molecule has 2 nitrogen and oxygen atoms in total. The highest BCUT2D eigenvalue weighted by Gasteiger charge is 2.16. The molecular weight excluding hydrogens is 320 g/mol. The molecule has 1 unspecified atom stereocenters. The number of thiophene rings is 1. The molecule has 4 heteroatoms. The van der Waals surface area contributed by atoms with E-state index in [-0.39, 0.29) is 6.04 Å². The standard InChI is InChI=1S/C15H19BrN2S/c1-11-5-6-12(8-14(11)16)15(9-17)18(2)10-13-4-3-7-19-13/h3-8,15H,9-10,17H2,1-2H3. The minimum absolute atomic E-state index is 0.249. The average molecular weight is 339 g/mol. The van der Waals surface area contributed by atoms with Crippen molar-refractivity contribution in [2.75, 3.05) is 13.6 Å². The van der Waals surface area contributed by atoms with Crippen LogP contribution in [0.4, 0.5) is 0 Å². The van der Waals surface area contributed by atoms with Crippen molar-refractivity contribution in [3.05, 3.63) is 56.2 Å². The number of nitrogens with two attached hydrogens (primary N) is 1. The zero-order valence-corrected chi connectivity index (χ0v) is 13.7. The SMILES string of the molecule is Cc1ccc(C(CN)N(C)Cc2cccs2)cc1Br. The van der Waals surface area contributed by atoms with Gasteiger partial charge in [0.15, 0.2) is 0 Å². The maximum absolute atomic E-state index is 5.97. The third-order valence-corrected chi connectivity index (χ3v) is 5.04. The van der Waals surface area contributed by atoms with E-state index in [0.717, 1.165) is 11.0 Å². The summed E-state index contributed by atoms with van der Waals surface area (Å²) in [7, 11) is 2.13. The van der Waals surface area contributed by atoms with Gasteiger partial charge in [-0.3, -0.25) is 4.90 Å². The fourth-order valence-corrected chi connectivity index (χ4v) is 3.31. The van der Waals surface area contributed by atoms with Crippen LogP contribution in [-0.2, 0) is 6.54 Å². The van der Waals surface area contributed by atoms with E-state index in [0.29, 0.717) is 6.54 Å². The molecule has 0 bridgehead atoms. The maximum atomic E-state index is 5.97. The Morgan fingerprint density at radius 3 is 2.74 bits per heavy atom. The second-order valence-corrected chi connectivity index (χ2v) is 6.64. The summed E-state index contributed by atoms with van der Waals surface area (Å²) in [4.78, 5) is 3.68. The minimum Gasteiger partial charge on any atom is -0.329 e. The summed E-state index contributed by atoms with van der Waals surface area (Å²) in [6.07, 6.45) is 0. The number of halogens is 1. The molecule has 0 aliphatic carbocycles. The van der Waals surface area contributed by atoms with Crippen LogP contribution in [0.15, 0.2) is 40.2 Å². The second-order valence-electron chi connectivity index (χ2n) is 4.75. The highest BCUT2D eigenvalue weighted by atomic mass is 79.9. The topological polar surface area (TPSA) is 29.3 Å². The predicted octanol–water partition coefficient (Wildman–Crippen LogP) is 3.95. The molecular formula is C15H19BrN2S. The van der Waals surface area contributed by atoms with Crippen molar-refractivity contribution < 1.29 is 0 Å². The fourth-order valence-electron chi connectivity index (χ4n) is 2.15. The Kier molecular flexibility index (Phi) is 5.16. The van der Waals surface area contributed by atoms with Gasteiger partial charge in [0.25, 0.3) is 0 Å². The number of rotatable bonds is 5. The molecule has 0 saturated carbocycles. The van der Waals surface area contributed by atoms with E-state index in [2.05, 4.69) is 70.5 Å². The van der Waals surface area contributed by atoms with Crippen LogP contribution in [-0.4, -0.2) is 18.5 Å². The Bertz CT molecular complexity index is 525. The Morgan fingerprint density at radius 1 is 1.37 bits per heavy atom. The van der Waals surface area contributed by atoms with E-state index in [1.54, 1.807) is 11.3 Å². The molecule has 0 saturated heterocycles. The summed E-state index contributed by atoms with van der Waals surface area (Å²) in [5.74, 6) is 0. The Balaban J connectivity index is 2.16. The Morgan fingerprint density at radius 2 is 2.16 bits per heavy atom. The molecule has 2 N–H and O–H groups in total. The van der Waals surface area contributed by atoms with Gasteiger partial charge >= 0.3 is 0 Å². The largest absolute Gasteiger partial charge is 0.329 e. The van der Waals surface area contributed by atoms with Crippen LogP contribution in [0.3, 0.4) is 0 Å². The van der Waals surface area contributed by atoms with Gasteiger partial charge in [-0.05, 0) is 42.6 Å². The van der Waals surface area contributed by atoms with Crippen molar-refractivity contribution in [2.24, 2.45) is 5.73 Å². The summed E-state index contributed by atoms with van der Waals surface area (Å²) in [6, 6.07) is 11.0. The van der Waals surface area contributed by atoms with Crippen molar-refractivity contribution in [2.45, 2.75) is 19.5 Å². The van der Waals surface area contributed by atoms with Gasteiger partial charge in [-0.1, -0.05) is 34.1 Å². The molecule has 0 fully saturated rings. The van der Waals surface area contributed by atoms with Crippen LogP contribution in [0.1, 0.15) is 22.0 Å². The molecule has 2 rings (SSSR count). The zero-order chi connectivity index (χ0) is 13.8. The summed E-state index contributed by atoms with van der Waals surface area (Å²) in [6.45, 7) is 3.66. The molecule has 102 valence electrons. The van der Waals surface area contributed by atoms with E-state index in [9.17, 15) is 0 Å². The Hall–Kier alpha value is -0.680. The molecule has 0 radical (unpaired) electrons. The van der Waals surface area contributed by atoms with Crippen LogP contribution in [0.2, 0.25) is 0 Å². The van der Waals surface area contributed by atoms with Crippen molar-refractivity contribution >= 4 is 27.3 Å². The molecule has 2 aromatic rings. The van der Waals surface area contributed by atoms with Gasteiger partial charge in [0, 0.05) is 28.5 Å². The fraction of sp³-hybridized carbons (Fsp3) is 0.333. The quantitative estimate of drug-likeness (QED) is 0.894. The van der Waals surface area contributed by atoms with Crippen LogP contribution in [0, 0.1) is 6.92 Å². The average Bonchev–Trinajstić information content (AvgIpc) is 2.87. The first-order valence-electron chi connectivity index (χ1n) is 6.30. The highest BCUT2D eigenvalue weighted by molar-refractivity contribution is 9.10. The number of nitrogens with zero attached hydrogens (tertiary/aromatic N) is 1. The van der Waals surface area contributed by atoms with E-state index in [1.807, 2.05) is 0 Å². The lowest BCUT2D eigenvalue weighted by atomic mass is 10.0. The first-order valence-corrected chi connectivity index (χ1v) is 7.98. The molecule has 19 heavy (non-hydrogen) atoms. The molecule has 1 heterocycles. The monoisotopic (exact) mass is 338 g/mol. The van der Waals surface area contributed by atoms with E-state index in [1.165, 1.54) is 16.0 Å². The number of hydrogen-bond donors (Lipinski definition) is 1. The number of likely N-dealkylation sites (N-methyl/N-ethyl adjacent to an activating group) is 1. The van der Waals surface area contributed by atoms with Crippen molar-refractivity contribution in [3.63, 3.8) is 0 Å². The summed E-state index contributed by atoms with van der Waals surface area (Å²) >= 11 is 5.38. The molecule has 0 spiro atoms. The molecule has 0 aliphatic heterocycles. The lowest BCUT2D eigenvalue weighted by Gasteiger charge is -2.27. The first-order chi connectivity index (χ1) is 9.11. The van der Waals surface area contributed by atoms with Crippen molar-refractivity contribution in [3.8, 4) is 0 Å². The van der Waals surface area contributed by atoms with Crippen LogP contribution >= 0.6 is 27.3 Å². The molecule has 1 aromatic heterocycles. The van der Waals surface area contributed by atoms with Gasteiger partial charge in [0.2, 0.25) is 0 Å². The van der Waals surface area contributed by atoms with Gasteiger partial charge in [-0.2, -0.15) is 0 Å². The molecule has 0 aliphatic rings. The first kappa shape index (κ1) is 14.7. The lowest BCUT2D eigenvalue weighted by Crippen LogP contribution is -2.30. The smallest absolute Gasteiger partial charge is 0.0471 e. The number of benzene rings is 1. The predicted molar refractivity (Wildman–Crippen MR) is 86.5 cm³/mol. The maximum Gasteiger partial charge on any atom is 0.0471 e. The highest BCUT2D eigenvalue weighted by Crippen LogP contribution is 2.26. The van der Waals surface area contributed by atoms with Gasteiger partial charge in [0.1, 0.15) is 0 Å². The summed E-state index contributed by atoms with van der Waals surface area (Å²) in [5, 5.41) is 2.11. The summed E-state index contributed by atoms with van der Waals surface area (Å²) in [5.41, 5.74) is 8.48. The van der Waals surface area contributed by atoms with Gasteiger partial charge in [0.05, 0.1) is 0 Å². The van der Waals surface area contributed by atoms with Crippen LogP contribution in [0.5, 0.6) is 0 Å². The minimum atomic E-state index is 0.249. The number of aryl methyl sites for hydroxylation is 1. The molecule has 1 aromatic carbocycles. The summed E-state index contributed by atoms with van der Waals surface area (Å²) < 4.78 is 1.15. The van der Waals surface area contributed by atoms with Crippen LogP contribution < -0.4 is 5.73 Å². The van der Waals surface area contributed by atoms with Crippen molar-refractivity contribution in [1.82, 2.24) is 4.90 Å². The van der Waals surface area contributed by atoms with Gasteiger partial charge in [-0.25, -0.2) is 0 Å². The van der Waals surface area contributed by atoms with E-state index >= 15 is 0 Å². The van der Waals surface area contributed by atoms with Gasteiger partial charge < -0.3 is 5.73 Å². The van der Waals surface area contributed by atoms with E-state index in [4.69, 9.17) is 5.73 Å². The number of hydrogen-bond acceptors (Lipinski definition) is 3. The molecule has 0 amide bonds. The second kappa shape index (κ2) is 6.66. The zero-order valence-electron chi connectivity index (χ0n) is 11.3. The lowest BCUT2D eigenvalue weighted by molar-refractivity contribution is 0.244. The third kappa shape index (κ3) is 3.66. The Labute approximate surface area is 127 Å². The third-order valence-electron chi connectivity index (χ3n) is 3.32. The van der Waals surface area contributed by atoms with Gasteiger partial charge in [-0.15, -0.1) is 11.3 Å². The molecule has 1 atom stereocenters. The van der Waals surface area contributed by atoms with Crippen molar-refractivity contribution in [1.29, 1.82) is 0 Å². The van der Waals surface area contributed by atoms with E-state index < -0.39 is 0 Å².